The van der Waals surface area contributed by atoms with E-state index in [1.54, 1.807) is 28.1 Å². The van der Waals surface area contributed by atoms with Crippen LogP contribution in [0, 0.1) is 11.8 Å². The summed E-state index contributed by atoms with van der Waals surface area (Å²) in [5.74, 6) is -1.34. The number of carbonyl (C=O) groups excluding carboxylic acids is 2. The minimum atomic E-state index is -0.955. The number of fused-ring (bicyclic) bond motifs is 2. The topological polar surface area (TPSA) is 146 Å². The third-order valence-corrected chi connectivity index (χ3v) is 12.3. The van der Waals surface area contributed by atoms with E-state index in [0.717, 1.165) is 19.3 Å². The first-order valence-electron chi connectivity index (χ1n) is 14.6. The number of benzene rings is 2. The van der Waals surface area contributed by atoms with Gasteiger partial charge in [-0.2, -0.15) is 0 Å². The number of aliphatic carboxylic acids is 2. The molecule has 0 aliphatic carbocycles. The quantitative estimate of drug-likeness (QED) is 0.0777. The standard InChI is InChI=1S/C33H36O10Se2/c1-5-18(32(36)37)10-22(34)30-14-20-12-24(40-3)26(16-28(20)44-30)42-8-7-9-43-27-17-29-21(13-25(27)41-4)15-31(45-29)23(35)11-19(6-2)33(38)39/h12-19H,5-11H2,1-4H3,(H,36,37)(H,38,39). The van der Waals surface area contributed by atoms with Gasteiger partial charge in [0.15, 0.2) is 0 Å². The van der Waals surface area contributed by atoms with Crippen molar-refractivity contribution in [3.63, 3.8) is 0 Å². The van der Waals surface area contributed by atoms with Crippen molar-refractivity contribution in [2.75, 3.05) is 27.4 Å². The molecule has 0 aliphatic heterocycles. The molecule has 2 N–H and O–H groups in total. The summed E-state index contributed by atoms with van der Waals surface area (Å²) < 4.78 is 26.4. The van der Waals surface area contributed by atoms with Crippen molar-refractivity contribution < 1.29 is 48.3 Å². The number of ether oxygens (including phenoxy) is 4. The predicted octanol–water partition coefficient (Wildman–Crippen LogP) is 5.34. The molecule has 0 aliphatic rings. The van der Waals surface area contributed by atoms with Gasteiger partial charge in [0.25, 0.3) is 0 Å². The Morgan fingerprint density at radius 2 is 1.04 bits per heavy atom. The second-order valence-electron chi connectivity index (χ2n) is 10.5. The Balaban J connectivity index is 1.38. The summed E-state index contributed by atoms with van der Waals surface area (Å²) in [6.07, 6.45) is 1.34. The molecule has 240 valence electrons. The van der Waals surface area contributed by atoms with Gasteiger partial charge in [-0.3, -0.25) is 0 Å². The zero-order valence-electron chi connectivity index (χ0n) is 25.5. The zero-order valence-corrected chi connectivity index (χ0v) is 29.0. The Hall–Kier alpha value is -3.56. The van der Waals surface area contributed by atoms with Gasteiger partial charge < -0.3 is 0 Å². The van der Waals surface area contributed by atoms with Gasteiger partial charge in [-0.15, -0.1) is 0 Å². The van der Waals surface area contributed by atoms with Crippen molar-refractivity contribution in [3.8, 4) is 23.0 Å². The summed E-state index contributed by atoms with van der Waals surface area (Å²) in [5, 5.41) is 20.4. The molecule has 45 heavy (non-hydrogen) atoms. The van der Waals surface area contributed by atoms with Crippen LogP contribution in [-0.2, 0) is 9.59 Å². The van der Waals surface area contributed by atoms with Crippen LogP contribution in [0.25, 0.3) is 19.3 Å². The van der Waals surface area contributed by atoms with Crippen LogP contribution in [0.1, 0.15) is 64.4 Å². The first-order valence-corrected chi connectivity index (χ1v) is 18.0. The van der Waals surface area contributed by atoms with Crippen molar-refractivity contribution in [1.82, 2.24) is 0 Å². The number of carbonyl (C=O) groups is 4. The number of carboxylic acids is 2. The second-order valence-corrected chi connectivity index (χ2v) is 15.0. The number of hydrogen-bond acceptors (Lipinski definition) is 8. The monoisotopic (exact) mass is 752 g/mol. The summed E-state index contributed by atoms with van der Waals surface area (Å²) in [4.78, 5) is 48.3. The van der Waals surface area contributed by atoms with E-state index in [1.165, 1.54) is 0 Å². The fraction of sp³-hybridized carbons (Fsp3) is 0.394. The van der Waals surface area contributed by atoms with Crippen molar-refractivity contribution in [2.45, 2.75) is 46.0 Å². The van der Waals surface area contributed by atoms with Gasteiger partial charge in [-0.1, -0.05) is 0 Å². The van der Waals surface area contributed by atoms with Crippen molar-refractivity contribution in [2.24, 2.45) is 11.8 Å². The Kier molecular flexibility index (Phi) is 11.9. The molecule has 0 saturated heterocycles. The Bertz CT molecular complexity index is 1580. The van der Waals surface area contributed by atoms with Gasteiger partial charge in [-0.05, 0) is 0 Å². The molecule has 0 fully saturated rings. The van der Waals surface area contributed by atoms with Crippen molar-refractivity contribution in [1.29, 1.82) is 0 Å². The minimum absolute atomic E-state index is 0.00808. The Morgan fingerprint density at radius 1 is 0.644 bits per heavy atom. The van der Waals surface area contributed by atoms with Gasteiger partial charge >= 0.3 is 274 Å². The summed E-state index contributed by atoms with van der Waals surface area (Å²) in [5.41, 5.74) is 0. The first-order chi connectivity index (χ1) is 21.6. The van der Waals surface area contributed by atoms with Crippen LogP contribution in [0.2, 0.25) is 0 Å². The molecule has 0 saturated carbocycles. The molecular formula is C33H36O10Se2. The van der Waals surface area contributed by atoms with E-state index in [0.29, 0.717) is 64.3 Å². The van der Waals surface area contributed by atoms with E-state index in [9.17, 15) is 29.4 Å². The van der Waals surface area contributed by atoms with Crippen LogP contribution in [0.3, 0.4) is 0 Å². The summed E-state index contributed by atoms with van der Waals surface area (Å²) in [6.45, 7) is 4.22. The molecule has 12 heteroatoms. The third kappa shape index (κ3) is 8.38. The molecule has 10 nitrogen and oxygen atoms in total. The maximum absolute atomic E-state index is 12.8. The number of hydrogen-bond donors (Lipinski definition) is 2. The van der Waals surface area contributed by atoms with Crippen LogP contribution in [-0.4, -0.2) is 90.2 Å². The third-order valence-electron chi connectivity index (χ3n) is 7.51. The second kappa shape index (κ2) is 15.6. The van der Waals surface area contributed by atoms with E-state index in [1.807, 2.05) is 36.4 Å². The normalized spacial score (nSPS) is 12.5. The molecular weight excluding hydrogens is 714 g/mol. The zero-order chi connectivity index (χ0) is 32.7. The summed E-state index contributed by atoms with van der Waals surface area (Å²) in [6, 6.07) is 11.1. The SMILES string of the molecule is CCC(CC(=O)c1cc2cc(OC)c(OCCCOc3cc4[se]c(C(=O)CC(CC)C(=O)O)cc4cc3OC)cc2[se]1)C(=O)O. The van der Waals surface area contributed by atoms with Crippen LogP contribution < -0.4 is 18.9 Å². The number of Topliss-reactive ketones (excluding diaryl/α,β-unsaturated/α-hetero) is 2. The molecule has 0 amide bonds. The molecule has 0 radical (unpaired) electrons. The van der Waals surface area contributed by atoms with Crippen molar-refractivity contribution >= 4 is 71.8 Å². The molecule has 2 aromatic heterocycles. The van der Waals surface area contributed by atoms with E-state index >= 15 is 0 Å². The fourth-order valence-corrected chi connectivity index (χ4v) is 9.09. The average Bonchev–Trinajstić information content (AvgIpc) is 3.64. The molecule has 2 heterocycles. The van der Waals surface area contributed by atoms with Crippen LogP contribution in [0.5, 0.6) is 23.0 Å². The molecule has 2 unspecified atom stereocenters. The average molecular weight is 751 g/mol. The number of ketones is 2. The Morgan fingerprint density at radius 3 is 1.38 bits per heavy atom. The number of carboxylic acid groups (broad SMARTS) is 2. The first kappa shape index (κ1) is 34.3. The summed E-state index contributed by atoms with van der Waals surface area (Å²) in [7, 11) is 3.10. The fourth-order valence-electron chi connectivity index (χ4n) is 4.80. The number of methoxy groups -OCH3 is 2. The van der Waals surface area contributed by atoms with Gasteiger partial charge in [0.1, 0.15) is 0 Å². The van der Waals surface area contributed by atoms with E-state index in [4.69, 9.17) is 18.9 Å². The molecule has 0 spiro atoms. The summed E-state index contributed by atoms with van der Waals surface area (Å²) >= 11 is -0.509. The van der Waals surface area contributed by atoms with Gasteiger partial charge in [0.2, 0.25) is 0 Å². The molecule has 2 aromatic carbocycles. The van der Waals surface area contributed by atoms with E-state index < -0.39 is 23.8 Å². The molecule has 4 aromatic rings. The van der Waals surface area contributed by atoms with Crippen LogP contribution >= 0.6 is 0 Å². The maximum atomic E-state index is 12.8. The van der Waals surface area contributed by atoms with Gasteiger partial charge in [0.05, 0.1) is 0 Å². The Labute approximate surface area is 272 Å². The molecule has 2 atom stereocenters. The molecule has 4 rings (SSSR count). The van der Waals surface area contributed by atoms with E-state index in [2.05, 4.69) is 0 Å². The van der Waals surface area contributed by atoms with Crippen molar-refractivity contribution in [3.05, 3.63) is 45.3 Å². The number of rotatable bonds is 18. The van der Waals surface area contributed by atoms with Gasteiger partial charge in [0, 0.05) is 0 Å². The van der Waals surface area contributed by atoms with E-state index in [-0.39, 0.29) is 53.4 Å². The van der Waals surface area contributed by atoms with Crippen LogP contribution in [0.15, 0.2) is 36.4 Å². The molecule has 0 bridgehead atoms. The predicted molar refractivity (Wildman–Crippen MR) is 171 cm³/mol. The van der Waals surface area contributed by atoms with Gasteiger partial charge in [-0.25, -0.2) is 0 Å². The van der Waals surface area contributed by atoms with Crippen LogP contribution in [0.4, 0.5) is 0 Å².